The SMILES string of the molecule is CC(C)C[C@H]1COCCN1C(=O)c1cc2c(ccc3ccccc32)[nH]1. The minimum absolute atomic E-state index is 0.0780. The molecule has 4 nitrogen and oxygen atoms in total. The highest BCUT2D eigenvalue weighted by Crippen LogP contribution is 2.27. The van der Waals surface area contributed by atoms with Gasteiger partial charge in [0.1, 0.15) is 5.69 Å². The average Bonchev–Trinajstić information content (AvgIpc) is 3.06. The summed E-state index contributed by atoms with van der Waals surface area (Å²) in [5.74, 6) is 0.614. The molecule has 0 spiro atoms. The molecule has 1 N–H and O–H groups in total. The van der Waals surface area contributed by atoms with E-state index in [9.17, 15) is 4.79 Å². The van der Waals surface area contributed by atoms with E-state index >= 15 is 0 Å². The Morgan fingerprint density at radius 1 is 1.24 bits per heavy atom. The predicted octanol–water partition coefficient (Wildman–Crippen LogP) is 4.21. The monoisotopic (exact) mass is 336 g/mol. The molecule has 2 heterocycles. The van der Waals surface area contributed by atoms with Gasteiger partial charge < -0.3 is 14.6 Å². The first-order valence-corrected chi connectivity index (χ1v) is 9.02. The molecule has 1 aliphatic rings. The maximum Gasteiger partial charge on any atom is 0.270 e. The van der Waals surface area contributed by atoms with Gasteiger partial charge in [-0.05, 0) is 35.2 Å². The zero-order valence-corrected chi connectivity index (χ0v) is 14.8. The quantitative estimate of drug-likeness (QED) is 0.779. The van der Waals surface area contributed by atoms with Crippen molar-refractivity contribution in [2.24, 2.45) is 5.92 Å². The molecule has 2 aromatic carbocycles. The molecule has 0 unspecified atom stereocenters. The van der Waals surface area contributed by atoms with Crippen LogP contribution in [0.25, 0.3) is 21.7 Å². The van der Waals surface area contributed by atoms with Gasteiger partial charge in [-0.25, -0.2) is 0 Å². The van der Waals surface area contributed by atoms with E-state index in [1.807, 2.05) is 23.1 Å². The third-order valence-electron chi connectivity index (χ3n) is 4.99. The van der Waals surface area contributed by atoms with Crippen molar-refractivity contribution in [2.75, 3.05) is 19.8 Å². The fourth-order valence-electron chi connectivity index (χ4n) is 3.82. The summed E-state index contributed by atoms with van der Waals surface area (Å²) in [5, 5.41) is 3.48. The van der Waals surface area contributed by atoms with Crippen molar-refractivity contribution in [1.29, 1.82) is 0 Å². The van der Waals surface area contributed by atoms with Crippen LogP contribution in [0.4, 0.5) is 0 Å². The second kappa shape index (κ2) is 6.52. The number of benzene rings is 2. The molecular formula is C21H24N2O2. The van der Waals surface area contributed by atoms with Crippen molar-refractivity contribution < 1.29 is 9.53 Å². The van der Waals surface area contributed by atoms with Crippen LogP contribution >= 0.6 is 0 Å². The van der Waals surface area contributed by atoms with Crippen LogP contribution in [0.5, 0.6) is 0 Å². The summed E-state index contributed by atoms with van der Waals surface area (Å²) in [4.78, 5) is 18.4. The highest BCUT2D eigenvalue weighted by molar-refractivity contribution is 6.09. The largest absolute Gasteiger partial charge is 0.377 e. The summed E-state index contributed by atoms with van der Waals surface area (Å²) < 4.78 is 5.61. The van der Waals surface area contributed by atoms with Crippen molar-refractivity contribution in [3.8, 4) is 0 Å². The van der Waals surface area contributed by atoms with Gasteiger partial charge in [-0.1, -0.05) is 44.2 Å². The summed E-state index contributed by atoms with van der Waals surface area (Å²) in [5.41, 5.74) is 1.68. The number of aromatic amines is 1. The predicted molar refractivity (Wildman–Crippen MR) is 101 cm³/mol. The lowest BCUT2D eigenvalue weighted by atomic mass is 10.0. The number of aromatic nitrogens is 1. The highest BCUT2D eigenvalue weighted by Gasteiger charge is 2.29. The van der Waals surface area contributed by atoms with Gasteiger partial charge in [0, 0.05) is 17.4 Å². The summed E-state index contributed by atoms with van der Waals surface area (Å²) >= 11 is 0. The average molecular weight is 336 g/mol. The van der Waals surface area contributed by atoms with Crippen molar-refractivity contribution in [3.05, 3.63) is 48.2 Å². The minimum atomic E-state index is 0.0780. The van der Waals surface area contributed by atoms with Gasteiger partial charge in [0.25, 0.3) is 5.91 Å². The van der Waals surface area contributed by atoms with Crippen LogP contribution in [-0.2, 0) is 4.74 Å². The first-order chi connectivity index (χ1) is 12.1. The van der Waals surface area contributed by atoms with Gasteiger partial charge in [-0.15, -0.1) is 0 Å². The third kappa shape index (κ3) is 3.02. The summed E-state index contributed by atoms with van der Waals surface area (Å²) in [6.07, 6.45) is 0.967. The smallest absolute Gasteiger partial charge is 0.270 e. The van der Waals surface area contributed by atoms with Gasteiger partial charge in [-0.2, -0.15) is 0 Å². The number of amides is 1. The number of nitrogens with one attached hydrogen (secondary N) is 1. The van der Waals surface area contributed by atoms with Gasteiger partial charge in [0.15, 0.2) is 0 Å². The lowest BCUT2D eigenvalue weighted by Crippen LogP contribution is -2.49. The number of carbonyl (C=O) groups excluding carboxylic acids is 1. The second-order valence-corrected chi connectivity index (χ2v) is 7.29. The van der Waals surface area contributed by atoms with Crippen molar-refractivity contribution in [2.45, 2.75) is 26.3 Å². The van der Waals surface area contributed by atoms with Crippen molar-refractivity contribution in [3.63, 3.8) is 0 Å². The van der Waals surface area contributed by atoms with Crippen LogP contribution in [0.15, 0.2) is 42.5 Å². The molecule has 4 heteroatoms. The molecule has 25 heavy (non-hydrogen) atoms. The summed E-state index contributed by atoms with van der Waals surface area (Å²) in [7, 11) is 0. The minimum Gasteiger partial charge on any atom is -0.377 e. The molecule has 1 aromatic heterocycles. The van der Waals surface area contributed by atoms with E-state index in [1.54, 1.807) is 0 Å². The van der Waals surface area contributed by atoms with E-state index < -0.39 is 0 Å². The number of hydrogen-bond acceptors (Lipinski definition) is 2. The van der Waals surface area contributed by atoms with Gasteiger partial charge in [0.05, 0.1) is 19.3 Å². The number of hydrogen-bond donors (Lipinski definition) is 1. The van der Waals surface area contributed by atoms with Crippen LogP contribution in [0, 0.1) is 5.92 Å². The standard InChI is InChI=1S/C21H24N2O2/c1-14(2)11-16-13-25-10-9-23(16)21(24)20-12-18-17-6-4-3-5-15(17)7-8-19(18)22-20/h3-8,12,14,16,22H,9-11,13H2,1-2H3/t16-/m0/s1. The number of carbonyl (C=O) groups is 1. The van der Waals surface area contributed by atoms with E-state index in [-0.39, 0.29) is 11.9 Å². The fraction of sp³-hybridized carbons (Fsp3) is 0.381. The molecule has 0 radical (unpaired) electrons. The zero-order valence-electron chi connectivity index (χ0n) is 14.8. The molecule has 3 aromatic rings. The fourth-order valence-corrected chi connectivity index (χ4v) is 3.82. The molecule has 1 saturated heterocycles. The Bertz CT molecular complexity index is 913. The molecule has 0 bridgehead atoms. The van der Waals surface area contributed by atoms with Crippen molar-refractivity contribution in [1.82, 2.24) is 9.88 Å². The number of rotatable bonds is 3. The molecule has 1 aliphatic heterocycles. The molecule has 1 atom stereocenters. The first kappa shape index (κ1) is 16.2. The first-order valence-electron chi connectivity index (χ1n) is 9.02. The maximum absolute atomic E-state index is 13.1. The van der Waals surface area contributed by atoms with Crippen LogP contribution in [0.2, 0.25) is 0 Å². The number of H-pyrrole nitrogens is 1. The third-order valence-corrected chi connectivity index (χ3v) is 4.99. The Hall–Kier alpha value is -2.33. The molecular weight excluding hydrogens is 312 g/mol. The lowest BCUT2D eigenvalue weighted by Gasteiger charge is -2.36. The van der Waals surface area contributed by atoms with Crippen LogP contribution in [0.3, 0.4) is 0 Å². The van der Waals surface area contributed by atoms with Gasteiger partial charge in [0.2, 0.25) is 0 Å². The summed E-state index contributed by atoms with van der Waals surface area (Å²) in [6.45, 7) is 6.28. The molecule has 0 saturated carbocycles. The number of ether oxygens (including phenoxy) is 1. The number of morpholine rings is 1. The van der Waals surface area contributed by atoms with E-state index in [1.165, 1.54) is 10.8 Å². The molecule has 1 amide bonds. The highest BCUT2D eigenvalue weighted by atomic mass is 16.5. The van der Waals surface area contributed by atoms with Crippen LogP contribution < -0.4 is 0 Å². The Morgan fingerprint density at radius 3 is 2.92 bits per heavy atom. The summed E-state index contributed by atoms with van der Waals surface area (Å²) in [6, 6.07) is 14.6. The molecule has 4 rings (SSSR count). The maximum atomic E-state index is 13.1. The van der Waals surface area contributed by atoms with Gasteiger partial charge >= 0.3 is 0 Å². The Labute approximate surface area is 147 Å². The molecule has 0 aliphatic carbocycles. The van der Waals surface area contributed by atoms with Gasteiger partial charge in [-0.3, -0.25) is 4.79 Å². The van der Waals surface area contributed by atoms with Crippen LogP contribution in [-0.4, -0.2) is 41.6 Å². The normalized spacial score (nSPS) is 18.4. The Balaban J connectivity index is 1.70. The topological polar surface area (TPSA) is 45.3 Å². The van der Waals surface area contributed by atoms with E-state index in [0.717, 1.165) is 17.3 Å². The molecule has 1 fully saturated rings. The van der Waals surface area contributed by atoms with E-state index in [2.05, 4.69) is 43.1 Å². The molecule has 130 valence electrons. The second-order valence-electron chi connectivity index (χ2n) is 7.29. The Morgan fingerprint density at radius 2 is 2.08 bits per heavy atom. The van der Waals surface area contributed by atoms with E-state index in [0.29, 0.717) is 31.4 Å². The number of fused-ring (bicyclic) bond motifs is 3. The Kier molecular flexibility index (Phi) is 4.22. The van der Waals surface area contributed by atoms with Crippen LogP contribution in [0.1, 0.15) is 30.8 Å². The zero-order chi connectivity index (χ0) is 17.4. The number of nitrogens with zero attached hydrogens (tertiary/aromatic N) is 1. The van der Waals surface area contributed by atoms with E-state index in [4.69, 9.17) is 4.74 Å². The van der Waals surface area contributed by atoms with Crippen molar-refractivity contribution >= 4 is 27.6 Å². The lowest BCUT2D eigenvalue weighted by molar-refractivity contribution is -0.00771.